The van der Waals surface area contributed by atoms with Gasteiger partial charge < -0.3 is 14.8 Å². The number of hydrogen-bond donors (Lipinski definition) is 1. The predicted octanol–water partition coefficient (Wildman–Crippen LogP) is 4.78. The largest absolute Gasteiger partial charge is 0.332 e. The van der Waals surface area contributed by atoms with Crippen molar-refractivity contribution in [3.8, 4) is 0 Å². The average molecular weight is 378 g/mol. The van der Waals surface area contributed by atoms with Crippen molar-refractivity contribution in [2.75, 3.05) is 19.4 Å². The molecule has 0 spiro atoms. The van der Waals surface area contributed by atoms with Crippen LogP contribution in [-0.4, -0.2) is 39.6 Å². The molecule has 2 atom stereocenters. The first-order chi connectivity index (χ1) is 13.1. The van der Waals surface area contributed by atoms with E-state index in [-0.39, 0.29) is 6.04 Å². The third-order valence-corrected chi connectivity index (χ3v) is 5.87. The number of benzene rings is 2. The minimum absolute atomic E-state index is 0.207. The Morgan fingerprint density at radius 2 is 1.85 bits per heavy atom. The molecule has 0 saturated carbocycles. The summed E-state index contributed by atoms with van der Waals surface area (Å²) in [7, 11) is 4.22. The second-order valence-electron chi connectivity index (χ2n) is 6.89. The zero-order valence-electron chi connectivity index (χ0n) is 15.7. The number of imidazole rings is 1. The highest BCUT2D eigenvalue weighted by Crippen LogP contribution is 2.30. The van der Waals surface area contributed by atoms with Gasteiger partial charge >= 0.3 is 0 Å². The molecule has 4 aromatic rings. The SMILES string of the molecule is C[C@@H]([C@@H](c1ccc(Nc2nc3ccccc3s2)cc1)n1ccnc1)N(C)C. The summed E-state index contributed by atoms with van der Waals surface area (Å²) in [6.07, 6.45) is 5.74. The van der Waals surface area contributed by atoms with Crippen LogP contribution < -0.4 is 5.32 Å². The van der Waals surface area contributed by atoms with E-state index in [2.05, 4.69) is 76.1 Å². The van der Waals surface area contributed by atoms with Crippen molar-refractivity contribution in [2.24, 2.45) is 0 Å². The quantitative estimate of drug-likeness (QED) is 0.525. The van der Waals surface area contributed by atoms with Gasteiger partial charge in [0, 0.05) is 24.1 Å². The molecule has 0 unspecified atom stereocenters. The topological polar surface area (TPSA) is 46.0 Å². The Morgan fingerprint density at radius 3 is 2.52 bits per heavy atom. The predicted molar refractivity (Wildman–Crippen MR) is 113 cm³/mol. The number of aromatic nitrogens is 3. The fourth-order valence-corrected chi connectivity index (χ4v) is 4.11. The van der Waals surface area contributed by atoms with E-state index in [0.29, 0.717) is 6.04 Å². The second kappa shape index (κ2) is 7.50. The highest BCUT2D eigenvalue weighted by atomic mass is 32.1. The molecule has 5 nitrogen and oxygen atoms in total. The number of rotatable bonds is 6. The second-order valence-corrected chi connectivity index (χ2v) is 7.92. The lowest BCUT2D eigenvalue weighted by Crippen LogP contribution is -2.34. The summed E-state index contributed by atoms with van der Waals surface area (Å²) in [4.78, 5) is 11.1. The summed E-state index contributed by atoms with van der Waals surface area (Å²) in [6.45, 7) is 2.23. The normalized spacial score (nSPS) is 13.8. The van der Waals surface area contributed by atoms with E-state index in [4.69, 9.17) is 0 Å². The Kier molecular flexibility index (Phi) is 4.92. The summed E-state index contributed by atoms with van der Waals surface area (Å²) in [5.74, 6) is 0. The van der Waals surface area contributed by atoms with Crippen LogP contribution in [0.4, 0.5) is 10.8 Å². The maximum absolute atomic E-state index is 4.65. The average Bonchev–Trinajstić information content (AvgIpc) is 3.32. The molecule has 4 rings (SSSR count). The van der Waals surface area contributed by atoms with E-state index in [9.17, 15) is 0 Å². The van der Waals surface area contributed by atoms with Gasteiger partial charge in [0.2, 0.25) is 0 Å². The zero-order chi connectivity index (χ0) is 18.8. The molecule has 138 valence electrons. The molecule has 1 N–H and O–H groups in total. The molecule has 2 aromatic heterocycles. The van der Waals surface area contributed by atoms with Crippen molar-refractivity contribution < 1.29 is 0 Å². The minimum atomic E-state index is 0.207. The number of thiazole rings is 1. The summed E-state index contributed by atoms with van der Waals surface area (Å²) >= 11 is 1.67. The molecule has 0 radical (unpaired) electrons. The number of nitrogens with zero attached hydrogens (tertiary/aromatic N) is 4. The Labute approximate surface area is 163 Å². The highest BCUT2D eigenvalue weighted by molar-refractivity contribution is 7.22. The van der Waals surface area contributed by atoms with Crippen molar-refractivity contribution in [2.45, 2.75) is 19.0 Å². The molecule has 0 fully saturated rings. The molecule has 0 aliphatic carbocycles. The van der Waals surface area contributed by atoms with Gasteiger partial charge in [-0.15, -0.1) is 0 Å². The van der Waals surface area contributed by atoms with Crippen molar-refractivity contribution >= 4 is 32.4 Å². The molecule has 0 aliphatic heterocycles. The molecule has 6 heteroatoms. The van der Waals surface area contributed by atoms with Gasteiger partial charge in [0.15, 0.2) is 5.13 Å². The van der Waals surface area contributed by atoms with Crippen LogP contribution in [0.15, 0.2) is 67.3 Å². The van der Waals surface area contributed by atoms with Crippen LogP contribution in [0.25, 0.3) is 10.2 Å². The number of likely N-dealkylation sites (N-methyl/N-ethyl adjacent to an activating group) is 1. The zero-order valence-corrected chi connectivity index (χ0v) is 16.5. The lowest BCUT2D eigenvalue weighted by Gasteiger charge is -2.30. The first-order valence-corrected chi connectivity index (χ1v) is 9.80. The molecular weight excluding hydrogens is 354 g/mol. The first kappa shape index (κ1) is 17.7. The van der Waals surface area contributed by atoms with Gasteiger partial charge in [-0.1, -0.05) is 35.6 Å². The third kappa shape index (κ3) is 3.72. The van der Waals surface area contributed by atoms with Crippen LogP contribution in [0, 0.1) is 0 Å². The van der Waals surface area contributed by atoms with Crippen molar-refractivity contribution in [1.82, 2.24) is 19.4 Å². The summed E-state index contributed by atoms with van der Waals surface area (Å²) in [5, 5.41) is 4.34. The number of para-hydroxylation sites is 1. The van der Waals surface area contributed by atoms with Gasteiger partial charge in [0.25, 0.3) is 0 Å². The number of anilines is 2. The van der Waals surface area contributed by atoms with E-state index >= 15 is 0 Å². The molecular formula is C21H23N5S. The lowest BCUT2D eigenvalue weighted by atomic mass is 9.99. The smallest absolute Gasteiger partial charge is 0.188 e. The van der Waals surface area contributed by atoms with E-state index < -0.39 is 0 Å². The highest BCUT2D eigenvalue weighted by Gasteiger charge is 2.22. The van der Waals surface area contributed by atoms with E-state index in [1.165, 1.54) is 10.3 Å². The molecule has 0 amide bonds. The van der Waals surface area contributed by atoms with Gasteiger partial charge in [-0.25, -0.2) is 9.97 Å². The van der Waals surface area contributed by atoms with Gasteiger partial charge in [-0.05, 0) is 50.8 Å². The van der Waals surface area contributed by atoms with E-state index in [0.717, 1.165) is 16.3 Å². The molecule has 0 aliphatic rings. The standard InChI is InChI=1S/C21H23N5S/c1-15(25(2)3)20(26-13-12-22-14-26)16-8-10-17(11-9-16)23-21-24-18-6-4-5-7-19(18)27-21/h4-15,20H,1-3H3,(H,23,24)/t15-,20-/m0/s1. The monoisotopic (exact) mass is 377 g/mol. The van der Waals surface area contributed by atoms with E-state index in [1.807, 2.05) is 36.9 Å². The molecule has 2 heterocycles. The number of fused-ring (bicyclic) bond motifs is 1. The number of nitrogens with one attached hydrogen (secondary N) is 1. The summed E-state index contributed by atoms with van der Waals surface area (Å²) in [5.41, 5.74) is 3.32. The molecule has 0 saturated heterocycles. The van der Waals surface area contributed by atoms with Crippen LogP contribution in [0.5, 0.6) is 0 Å². The van der Waals surface area contributed by atoms with Crippen LogP contribution >= 0.6 is 11.3 Å². The molecule has 2 aromatic carbocycles. The third-order valence-electron chi connectivity index (χ3n) is 4.91. The Bertz CT molecular complexity index is 972. The van der Waals surface area contributed by atoms with Crippen molar-refractivity contribution in [3.63, 3.8) is 0 Å². The van der Waals surface area contributed by atoms with Gasteiger partial charge in [0.05, 0.1) is 22.6 Å². The van der Waals surface area contributed by atoms with Gasteiger partial charge in [-0.2, -0.15) is 0 Å². The van der Waals surface area contributed by atoms with Crippen LogP contribution in [0.2, 0.25) is 0 Å². The van der Waals surface area contributed by atoms with Crippen LogP contribution in [0.3, 0.4) is 0 Å². The van der Waals surface area contributed by atoms with Crippen molar-refractivity contribution in [1.29, 1.82) is 0 Å². The number of hydrogen-bond acceptors (Lipinski definition) is 5. The Hall–Kier alpha value is -2.70. The van der Waals surface area contributed by atoms with Gasteiger partial charge in [-0.3, -0.25) is 0 Å². The van der Waals surface area contributed by atoms with Crippen LogP contribution in [0.1, 0.15) is 18.5 Å². The van der Waals surface area contributed by atoms with Crippen molar-refractivity contribution in [3.05, 3.63) is 72.8 Å². The van der Waals surface area contributed by atoms with Crippen LogP contribution in [-0.2, 0) is 0 Å². The maximum Gasteiger partial charge on any atom is 0.188 e. The maximum atomic E-state index is 4.65. The molecule has 0 bridgehead atoms. The van der Waals surface area contributed by atoms with Gasteiger partial charge in [0.1, 0.15) is 0 Å². The minimum Gasteiger partial charge on any atom is -0.332 e. The fraction of sp³-hybridized carbons (Fsp3) is 0.238. The molecule has 27 heavy (non-hydrogen) atoms. The summed E-state index contributed by atoms with van der Waals surface area (Å²) < 4.78 is 3.36. The fourth-order valence-electron chi connectivity index (χ4n) is 3.23. The Morgan fingerprint density at radius 1 is 1.07 bits per heavy atom. The first-order valence-electron chi connectivity index (χ1n) is 8.98. The Balaban J connectivity index is 1.58. The lowest BCUT2D eigenvalue weighted by molar-refractivity contribution is 0.252. The summed E-state index contributed by atoms with van der Waals surface area (Å²) in [6, 6.07) is 17.3. The van der Waals surface area contributed by atoms with E-state index in [1.54, 1.807) is 11.3 Å².